The van der Waals surface area contributed by atoms with Crippen LogP contribution in [0.1, 0.15) is 23.2 Å². The molecular formula is C13H20N4O4. The fraction of sp³-hybridized carbons (Fsp3) is 0.538. The molecule has 8 heteroatoms. The number of nitrogens with zero attached hydrogens (tertiary/aromatic N) is 2. The molecule has 2 heterocycles. The second-order valence-corrected chi connectivity index (χ2v) is 4.70. The Kier molecular flexibility index (Phi) is 5.18. The molecule has 1 saturated heterocycles. The molecule has 0 saturated carbocycles. The number of piperazine rings is 1. The van der Waals surface area contributed by atoms with Gasteiger partial charge in [-0.3, -0.25) is 15.1 Å². The molecule has 0 spiro atoms. The molecule has 3 N–H and O–H groups in total. The Balaban J connectivity index is 1.82. The third kappa shape index (κ3) is 3.96. The van der Waals surface area contributed by atoms with Crippen LogP contribution in [0.2, 0.25) is 0 Å². The Morgan fingerprint density at radius 3 is 2.67 bits per heavy atom. The Hall–Kier alpha value is -2.06. The van der Waals surface area contributed by atoms with E-state index >= 15 is 0 Å². The van der Waals surface area contributed by atoms with Crippen molar-refractivity contribution in [3.63, 3.8) is 0 Å². The second-order valence-electron chi connectivity index (χ2n) is 4.70. The van der Waals surface area contributed by atoms with Crippen LogP contribution in [0.15, 0.2) is 16.5 Å². The summed E-state index contributed by atoms with van der Waals surface area (Å²) in [5, 5.41) is 0. The first-order valence-electron chi connectivity index (χ1n) is 6.87. The molecule has 2 rings (SSSR count). The van der Waals surface area contributed by atoms with Crippen molar-refractivity contribution in [2.24, 2.45) is 5.84 Å². The third-order valence-corrected chi connectivity index (χ3v) is 3.29. The van der Waals surface area contributed by atoms with Gasteiger partial charge in [0.25, 0.3) is 0 Å². The van der Waals surface area contributed by atoms with E-state index in [1.807, 2.05) is 5.43 Å². The van der Waals surface area contributed by atoms with Gasteiger partial charge >= 0.3 is 12.0 Å². The van der Waals surface area contributed by atoms with Crippen molar-refractivity contribution < 1.29 is 18.7 Å². The van der Waals surface area contributed by atoms with Gasteiger partial charge in [-0.1, -0.05) is 0 Å². The zero-order valence-electron chi connectivity index (χ0n) is 12.0. The first-order chi connectivity index (χ1) is 10.1. The number of hydrogen-bond donors (Lipinski definition) is 2. The van der Waals surface area contributed by atoms with Crippen LogP contribution in [-0.2, 0) is 11.3 Å². The standard InChI is InChI=1S/C13H20N4O4/c1-2-20-13(19)17-7-5-16(6-8-17)9-10-3-4-11(21-10)12(18)15-14/h3-4H,2,5-9,14H2,1H3,(H,15,18). The van der Waals surface area contributed by atoms with Crippen LogP contribution in [0, 0.1) is 0 Å². The van der Waals surface area contributed by atoms with Crippen molar-refractivity contribution in [2.75, 3.05) is 32.8 Å². The number of hydrazine groups is 1. The zero-order valence-corrected chi connectivity index (χ0v) is 12.0. The number of nitrogens with one attached hydrogen (secondary N) is 1. The lowest BCUT2D eigenvalue weighted by atomic mass is 10.3. The molecule has 2 amide bonds. The van der Waals surface area contributed by atoms with Gasteiger partial charge in [-0.2, -0.15) is 0 Å². The van der Waals surface area contributed by atoms with E-state index in [1.165, 1.54) is 0 Å². The molecule has 116 valence electrons. The van der Waals surface area contributed by atoms with Crippen LogP contribution in [0.5, 0.6) is 0 Å². The average molecular weight is 296 g/mol. The molecule has 0 radical (unpaired) electrons. The van der Waals surface area contributed by atoms with Gasteiger partial charge < -0.3 is 14.1 Å². The number of carbonyl (C=O) groups excluding carboxylic acids is 2. The Bertz CT molecular complexity index is 494. The first-order valence-corrected chi connectivity index (χ1v) is 6.87. The number of amides is 2. The van der Waals surface area contributed by atoms with E-state index in [0.29, 0.717) is 32.0 Å². The summed E-state index contributed by atoms with van der Waals surface area (Å²) in [6.45, 7) is 5.48. The Morgan fingerprint density at radius 1 is 1.33 bits per heavy atom. The van der Waals surface area contributed by atoms with Gasteiger partial charge in [0.1, 0.15) is 5.76 Å². The van der Waals surface area contributed by atoms with Crippen LogP contribution >= 0.6 is 0 Å². The number of ether oxygens (including phenoxy) is 1. The molecule has 1 aromatic heterocycles. The first kappa shape index (κ1) is 15.3. The minimum atomic E-state index is -0.451. The maximum Gasteiger partial charge on any atom is 0.409 e. The third-order valence-electron chi connectivity index (χ3n) is 3.29. The number of rotatable bonds is 4. The van der Waals surface area contributed by atoms with Gasteiger partial charge in [-0.25, -0.2) is 10.6 Å². The predicted molar refractivity (Wildman–Crippen MR) is 74.2 cm³/mol. The topological polar surface area (TPSA) is 101 Å². The normalized spacial score (nSPS) is 15.8. The van der Waals surface area contributed by atoms with Crippen LogP contribution < -0.4 is 11.3 Å². The van der Waals surface area contributed by atoms with Gasteiger partial charge in [-0.15, -0.1) is 0 Å². The van der Waals surface area contributed by atoms with Gasteiger partial charge in [0.15, 0.2) is 5.76 Å². The van der Waals surface area contributed by atoms with Crippen LogP contribution in [0.3, 0.4) is 0 Å². The second kappa shape index (κ2) is 7.09. The maximum atomic E-state index is 11.6. The van der Waals surface area contributed by atoms with Gasteiger partial charge in [0.2, 0.25) is 0 Å². The van der Waals surface area contributed by atoms with E-state index in [2.05, 4.69) is 4.90 Å². The molecule has 0 bridgehead atoms. The maximum absolute atomic E-state index is 11.6. The van der Waals surface area contributed by atoms with Crippen molar-refractivity contribution in [1.82, 2.24) is 15.2 Å². The highest BCUT2D eigenvalue weighted by Gasteiger charge is 2.22. The van der Waals surface area contributed by atoms with E-state index < -0.39 is 5.91 Å². The molecule has 0 aliphatic carbocycles. The summed E-state index contributed by atoms with van der Waals surface area (Å²) >= 11 is 0. The molecule has 1 fully saturated rings. The molecule has 1 aliphatic heterocycles. The highest BCUT2D eigenvalue weighted by atomic mass is 16.6. The number of carbonyl (C=O) groups is 2. The van der Waals surface area contributed by atoms with Gasteiger partial charge in [-0.05, 0) is 19.1 Å². The number of nitrogen functional groups attached to an aromatic ring is 1. The summed E-state index contributed by atoms with van der Waals surface area (Å²) in [5.41, 5.74) is 2.02. The van der Waals surface area contributed by atoms with Crippen LogP contribution in [-0.4, -0.2) is 54.6 Å². The minimum Gasteiger partial charge on any atom is -0.455 e. The van der Waals surface area contributed by atoms with Gasteiger partial charge in [0, 0.05) is 26.2 Å². The van der Waals surface area contributed by atoms with E-state index in [4.69, 9.17) is 15.0 Å². The van der Waals surface area contributed by atoms with Crippen molar-refractivity contribution >= 4 is 12.0 Å². The smallest absolute Gasteiger partial charge is 0.409 e. The van der Waals surface area contributed by atoms with Crippen molar-refractivity contribution in [3.8, 4) is 0 Å². The number of nitrogens with two attached hydrogens (primary N) is 1. The van der Waals surface area contributed by atoms with E-state index in [-0.39, 0.29) is 11.9 Å². The molecule has 1 aromatic rings. The zero-order chi connectivity index (χ0) is 15.2. The summed E-state index contributed by atoms with van der Waals surface area (Å²) in [5.74, 6) is 5.48. The van der Waals surface area contributed by atoms with Crippen molar-refractivity contribution in [1.29, 1.82) is 0 Å². The van der Waals surface area contributed by atoms with Crippen LogP contribution in [0.4, 0.5) is 4.79 Å². The fourth-order valence-corrected chi connectivity index (χ4v) is 2.18. The predicted octanol–water partition coefficient (Wildman–Crippen LogP) is 0.157. The quantitative estimate of drug-likeness (QED) is 0.466. The summed E-state index contributed by atoms with van der Waals surface area (Å²) in [4.78, 5) is 26.7. The number of hydrogen-bond acceptors (Lipinski definition) is 6. The Labute approximate surface area is 122 Å². The largest absolute Gasteiger partial charge is 0.455 e. The highest BCUT2D eigenvalue weighted by molar-refractivity contribution is 5.90. The minimum absolute atomic E-state index is 0.192. The SMILES string of the molecule is CCOC(=O)N1CCN(Cc2ccc(C(=O)NN)o2)CC1. The summed E-state index contributed by atoms with van der Waals surface area (Å²) in [6, 6.07) is 3.34. The van der Waals surface area contributed by atoms with E-state index in [0.717, 1.165) is 13.1 Å². The fourth-order valence-electron chi connectivity index (χ4n) is 2.18. The molecule has 1 aliphatic rings. The number of furan rings is 1. The molecular weight excluding hydrogens is 276 g/mol. The monoisotopic (exact) mass is 296 g/mol. The van der Waals surface area contributed by atoms with Crippen molar-refractivity contribution in [2.45, 2.75) is 13.5 Å². The summed E-state index contributed by atoms with van der Waals surface area (Å²) in [7, 11) is 0. The lowest BCUT2D eigenvalue weighted by Gasteiger charge is -2.33. The van der Waals surface area contributed by atoms with E-state index in [1.54, 1.807) is 24.0 Å². The molecule has 0 unspecified atom stereocenters. The Morgan fingerprint density at radius 2 is 2.05 bits per heavy atom. The van der Waals surface area contributed by atoms with Gasteiger partial charge in [0.05, 0.1) is 13.2 Å². The molecule has 0 aromatic carbocycles. The van der Waals surface area contributed by atoms with Crippen LogP contribution in [0.25, 0.3) is 0 Å². The van der Waals surface area contributed by atoms with E-state index in [9.17, 15) is 9.59 Å². The lowest BCUT2D eigenvalue weighted by Crippen LogP contribution is -2.48. The molecule has 8 nitrogen and oxygen atoms in total. The summed E-state index contributed by atoms with van der Waals surface area (Å²) in [6.07, 6.45) is -0.267. The van der Waals surface area contributed by atoms with Crippen molar-refractivity contribution in [3.05, 3.63) is 23.7 Å². The highest BCUT2D eigenvalue weighted by Crippen LogP contribution is 2.12. The summed E-state index contributed by atoms with van der Waals surface area (Å²) < 4.78 is 10.4. The average Bonchev–Trinajstić information content (AvgIpc) is 2.96. The molecule has 0 atom stereocenters. The lowest BCUT2D eigenvalue weighted by molar-refractivity contribution is 0.0754. The molecule has 21 heavy (non-hydrogen) atoms.